The monoisotopic (exact) mass is 381 g/mol. The Hall–Kier alpha value is -1.85. The van der Waals surface area contributed by atoms with Crippen LogP contribution in [0.5, 0.6) is 0 Å². The lowest BCUT2D eigenvalue weighted by molar-refractivity contribution is -0.119. The number of anilines is 1. The zero-order valence-corrected chi connectivity index (χ0v) is 14.1. The van der Waals surface area contributed by atoms with Crippen LogP contribution < -0.4 is 5.32 Å². The molecule has 0 aliphatic heterocycles. The summed E-state index contributed by atoms with van der Waals surface area (Å²) in [5.74, 6) is -1.05. The van der Waals surface area contributed by atoms with Crippen LogP contribution in [0.15, 0.2) is 46.9 Å². The minimum absolute atomic E-state index is 0.233. The van der Waals surface area contributed by atoms with Gasteiger partial charge in [-0.2, -0.15) is 0 Å². The van der Waals surface area contributed by atoms with Gasteiger partial charge < -0.3 is 10.1 Å². The minimum atomic E-state index is -0.632. The first kappa shape index (κ1) is 16.5. The van der Waals surface area contributed by atoms with Crippen molar-refractivity contribution in [2.75, 3.05) is 11.9 Å². The third-order valence-corrected chi connectivity index (χ3v) is 4.09. The first-order valence-corrected chi connectivity index (χ1v) is 7.62. The second-order valence-corrected chi connectivity index (χ2v) is 5.83. The number of esters is 1. The number of aryl methyl sites for hydroxylation is 1. The van der Waals surface area contributed by atoms with Gasteiger partial charge in [0.2, 0.25) is 0 Å². The van der Waals surface area contributed by atoms with E-state index in [0.29, 0.717) is 5.69 Å². The summed E-state index contributed by atoms with van der Waals surface area (Å²) in [6, 6.07) is 11.9. The van der Waals surface area contributed by atoms with Crippen molar-refractivity contribution in [1.29, 1.82) is 0 Å². The van der Waals surface area contributed by atoms with Crippen molar-refractivity contribution in [2.45, 2.75) is 6.92 Å². The molecule has 0 saturated carbocycles. The zero-order valence-electron chi connectivity index (χ0n) is 11.7. The molecule has 2 aromatic rings. The highest BCUT2D eigenvalue weighted by molar-refractivity contribution is 9.10. The number of hydrogen-bond acceptors (Lipinski definition) is 3. The lowest BCUT2D eigenvalue weighted by Crippen LogP contribution is -2.21. The molecule has 0 atom stereocenters. The second-order valence-electron chi connectivity index (χ2n) is 4.57. The summed E-state index contributed by atoms with van der Waals surface area (Å²) in [6.07, 6.45) is 0. The molecular weight excluding hydrogens is 370 g/mol. The molecule has 0 bridgehead atoms. The number of rotatable bonds is 4. The fourth-order valence-electron chi connectivity index (χ4n) is 1.76. The van der Waals surface area contributed by atoms with Crippen molar-refractivity contribution < 1.29 is 14.3 Å². The molecule has 114 valence electrons. The highest BCUT2D eigenvalue weighted by Gasteiger charge is 2.13. The van der Waals surface area contributed by atoms with Gasteiger partial charge in [0, 0.05) is 10.2 Å². The van der Waals surface area contributed by atoms with Gasteiger partial charge in [-0.05, 0) is 42.8 Å². The number of nitrogens with one attached hydrogen (secondary N) is 1. The van der Waals surface area contributed by atoms with Crippen LogP contribution in [0.1, 0.15) is 15.9 Å². The SMILES string of the molecule is Cc1cc(NC(=O)COC(=O)c2ccccc2Cl)ccc1Br. The van der Waals surface area contributed by atoms with E-state index in [2.05, 4.69) is 21.2 Å². The molecule has 0 spiro atoms. The van der Waals surface area contributed by atoms with Gasteiger partial charge in [0.1, 0.15) is 0 Å². The molecule has 2 aromatic carbocycles. The third-order valence-electron chi connectivity index (χ3n) is 2.87. The van der Waals surface area contributed by atoms with Gasteiger partial charge in [-0.25, -0.2) is 4.79 Å². The van der Waals surface area contributed by atoms with Crippen molar-refractivity contribution in [2.24, 2.45) is 0 Å². The minimum Gasteiger partial charge on any atom is -0.452 e. The first-order valence-electron chi connectivity index (χ1n) is 6.45. The predicted octanol–water partition coefficient (Wildman–Crippen LogP) is 4.21. The molecule has 4 nitrogen and oxygen atoms in total. The van der Waals surface area contributed by atoms with E-state index in [-0.39, 0.29) is 17.2 Å². The number of amides is 1. The van der Waals surface area contributed by atoms with E-state index in [1.54, 1.807) is 30.3 Å². The first-order chi connectivity index (χ1) is 10.5. The van der Waals surface area contributed by atoms with Crippen LogP contribution >= 0.6 is 27.5 Å². The van der Waals surface area contributed by atoms with Crippen molar-refractivity contribution >= 4 is 45.1 Å². The highest BCUT2D eigenvalue weighted by atomic mass is 79.9. The summed E-state index contributed by atoms with van der Waals surface area (Å²) >= 11 is 9.27. The van der Waals surface area contributed by atoms with E-state index < -0.39 is 11.9 Å². The lowest BCUT2D eigenvalue weighted by atomic mass is 10.2. The molecule has 6 heteroatoms. The number of hydrogen-bond donors (Lipinski definition) is 1. The van der Waals surface area contributed by atoms with E-state index in [9.17, 15) is 9.59 Å². The number of ether oxygens (including phenoxy) is 1. The summed E-state index contributed by atoms with van der Waals surface area (Å²) < 4.78 is 5.91. The van der Waals surface area contributed by atoms with E-state index in [1.807, 2.05) is 19.1 Å². The lowest BCUT2D eigenvalue weighted by Gasteiger charge is -2.08. The molecule has 0 fully saturated rings. The molecule has 0 aromatic heterocycles. The Kier molecular flexibility index (Phi) is 5.57. The van der Waals surface area contributed by atoms with Crippen LogP contribution in [-0.4, -0.2) is 18.5 Å². The Bertz CT molecular complexity index is 718. The van der Waals surface area contributed by atoms with Crippen molar-refractivity contribution in [3.63, 3.8) is 0 Å². The molecule has 0 aliphatic carbocycles. The summed E-state index contributed by atoms with van der Waals surface area (Å²) in [5.41, 5.74) is 1.86. The molecular formula is C16H13BrClNO3. The number of benzene rings is 2. The number of carbonyl (C=O) groups is 2. The van der Waals surface area contributed by atoms with E-state index in [4.69, 9.17) is 16.3 Å². The smallest absolute Gasteiger partial charge is 0.340 e. The molecule has 0 radical (unpaired) electrons. The van der Waals surface area contributed by atoms with Gasteiger partial charge in [-0.15, -0.1) is 0 Å². The standard InChI is InChI=1S/C16H13BrClNO3/c1-10-8-11(6-7-13(10)17)19-15(20)9-22-16(21)12-4-2-3-5-14(12)18/h2-8H,9H2,1H3,(H,19,20). The van der Waals surface area contributed by atoms with Gasteiger partial charge in [0.05, 0.1) is 10.6 Å². The number of halogens is 2. The molecule has 22 heavy (non-hydrogen) atoms. The van der Waals surface area contributed by atoms with Crippen LogP contribution in [0, 0.1) is 6.92 Å². The van der Waals surface area contributed by atoms with Crippen molar-refractivity contribution in [3.8, 4) is 0 Å². The fourth-order valence-corrected chi connectivity index (χ4v) is 2.21. The molecule has 0 aliphatic rings. The van der Waals surface area contributed by atoms with E-state index in [1.165, 1.54) is 0 Å². The van der Waals surface area contributed by atoms with Crippen molar-refractivity contribution in [3.05, 3.63) is 63.1 Å². The third kappa shape index (κ3) is 4.32. The summed E-state index contributed by atoms with van der Waals surface area (Å²) in [7, 11) is 0. The van der Waals surface area contributed by atoms with Gasteiger partial charge >= 0.3 is 5.97 Å². The summed E-state index contributed by atoms with van der Waals surface area (Å²) in [6.45, 7) is 1.54. The van der Waals surface area contributed by atoms with Gasteiger partial charge in [-0.1, -0.05) is 39.7 Å². The maximum atomic E-state index is 11.8. The van der Waals surface area contributed by atoms with Gasteiger partial charge in [-0.3, -0.25) is 4.79 Å². The maximum absolute atomic E-state index is 11.8. The average molecular weight is 383 g/mol. The Balaban J connectivity index is 1.91. The quantitative estimate of drug-likeness (QED) is 0.806. The largest absolute Gasteiger partial charge is 0.452 e. The van der Waals surface area contributed by atoms with E-state index >= 15 is 0 Å². The average Bonchev–Trinajstić information content (AvgIpc) is 2.49. The Labute approximate surface area is 141 Å². The Morgan fingerprint density at radius 1 is 1.23 bits per heavy atom. The number of carbonyl (C=O) groups excluding carboxylic acids is 2. The zero-order chi connectivity index (χ0) is 16.1. The molecule has 0 heterocycles. The molecule has 0 saturated heterocycles. The van der Waals surface area contributed by atoms with Crippen LogP contribution in [0.4, 0.5) is 5.69 Å². The Morgan fingerprint density at radius 3 is 2.64 bits per heavy atom. The van der Waals surface area contributed by atoms with Gasteiger partial charge in [0.25, 0.3) is 5.91 Å². The van der Waals surface area contributed by atoms with Crippen molar-refractivity contribution in [1.82, 2.24) is 0 Å². The van der Waals surface area contributed by atoms with Crippen LogP contribution in [0.2, 0.25) is 5.02 Å². The highest BCUT2D eigenvalue weighted by Crippen LogP contribution is 2.20. The summed E-state index contributed by atoms with van der Waals surface area (Å²) in [4.78, 5) is 23.6. The van der Waals surface area contributed by atoms with Crippen LogP contribution in [-0.2, 0) is 9.53 Å². The Morgan fingerprint density at radius 2 is 1.95 bits per heavy atom. The van der Waals surface area contributed by atoms with Crippen LogP contribution in [0.3, 0.4) is 0 Å². The topological polar surface area (TPSA) is 55.4 Å². The van der Waals surface area contributed by atoms with Crippen LogP contribution in [0.25, 0.3) is 0 Å². The molecule has 1 N–H and O–H groups in total. The summed E-state index contributed by atoms with van der Waals surface area (Å²) in [5, 5.41) is 2.95. The molecule has 1 amide bonds. The second kappa shape index (κ2) is 7.42. The molecule has 2 rings (SSSR count). The fraction of sp³-hybridized carbons (Fsp3) is 0.125. The maximum Gasteiger partial charge on any atom is 0.340 e. The normalized spacial score (nSPS) is 10.1. The predicted molar refractivity (Wildman–Crippen MR) is 89.2 cm³/mol. The van der Waals surface area contributed by atoms with Gasteiger partial charge in [0.15, 0.2) is 6.61 Å². The van der Waals surface area contributed by atoms with E-state index in [0.717, 1.165) is 10.0 Å². The molecule has 0 unspecified atom stereocenters.